The second-order valence-corrected chi connectivity index (χ2v) is 12.8. The predicted molar refractivity (Wildman–Crippen MR) is 163 cm³/mol. The van der Waals surface area contributed by atoms with E-state index < -0.39 is 20.5 Å². The van der Waals surface area contributed by atoms with Crippen LogP contribution in [0.5, 0.6) is 0 Å². The Bertz CT molecular complexity index is 1720. The first kappa shape index (κ1) is 29.6. The number of aromatic amines is 1. The molecule has 5 rings (SSSR count). The molecule has 0 saturated carbocycles. The number of rotatable bonds is 8. The van der Waals surface area contributed by atoms with Gasteiger partial charge < -0.3 is 20.5 Å². The lowest BCUT2D eigenvalue weighted by molar-refractivity contribution is -0.121. The maximum Gasteiger partial charge on any atom is 0.241 e. The first-order chi connectivity index (χ1) is 20.1. The Labute approximate surface area is 245 Å². The van der Waals surface area contributed by atoms with Gasteiger partial charge in [-0.1, -0.05) is 25.1 Å². The first-order valence-electron chi connectivity index (χ1n) is 14.0. The van der Waals surface area contributed by atoms with Crippen LogP contribution in [0, 0.1) is 12.7 Å². The van der Waals surface area contributed by atoms with Crippen LogP contribution < -0.4 is 10.6 Å². The van der Waals surface area contributed by atoms with Crippen LogP contribution in [0.4, 0.5) is 21.7 Å². The summed E-state index contributed by atoms with van der Waals surface area (Å²) >= 11 is 0. The summed E-state index contributed by atoms with van der Waals surface area (Å²) in [4.78, 5) is 29.9. The molecule has 1 atom stereocenters. The fraction of sp³-hybridized carbons (Fsp3) is 0.367. The van der Waals surface area contributed by atoms with Crippen molar-refractivity contribution < 1.29 is 17.6 Å². The molecule has 0 radical (unpaired) electrons. The van der Waals surface area contributed by atoms with Crippen molar-refractivity contribution in [1.82, 2.24) is 24.8 Å². The molecule has 1 amide bonds. The minimum absolute atomic E-state index is 0.0336. The fourth-order valence-corrected chi connectivity index (χ4v) is 6.21. The van der Waals surface area contributed by atoms with Crippen LogP contribution in [0.25, 0.3) is 22.2 Å². The molecule has 0 aliphatic carbocycles. The monoisotopic (exact) mass is 593 g/mol. The highest BCUT2D eigenvalue weighted by atomic mass is 32.2. The number of halogens is 1. The van der Waals surface area contributed by atoms with E-state index in [2.05, 4.69) is 42.4 Å². The zero-order valence-electron chi connectivity index (χ0n) is 24.2. The molecule has 0 spiro atoms. The number of aromatic nitrogens is 3. The second kappa shape index (κ2) is 12.2. The van der Waals surface area contributed by atoms with Gasteiger partial charge in [0.2, 0.25) is 11.9 Å². The van der Waals surface area contributed by atoms with Gasteiger partial charge in [0.05, 0.1) is 28.6 Å². The summed E-state index contributed by atoms with van der Waals surface area (Å²) in [6.45, 7) is 7.62. The number of para-hydroxylation sites is 1. The summed E-state index contributed by atoms with van der Waals surface area (Å²) in [7, 11) is -1.64. The van der Waals surface area contributed by atoms with Crippen LogP contribution in [0.2, 0.25) is 0 Å². The number of aryl methyl sites for hydroxylation is 1. The molecular weight excluding hydrogens is 557 g/mol. The van der Waals surface area contributed by atoms with Gasteiger partial charge in [0.15, 0.2) is 15.7 Å². The third-order valence-corrected chi connectivity index (χ3v) is 8.81. The summed E-state index contributed by atoms with van der Waals surface area (Å²) in [5.74, 6) is -0.808. The maximum atomic E-state index is 15.0. The Morgan fingerprint density at radius 3 is 2.64 bits per heavy atom. The van der Waals surface area contributed by atoms with Gasteiger partial charge in [-0.2, -0.15) is 0 Å². The maximum absolute atomic E-state index is 15.0. The largest absolute Gasteiger partial charge is 0.359 e. The predicted octanol–water partition coefficient (Wildman–Crippen LogP) is 4.57. The number of amides is 1. The van der Waals surface area contributed by atoms with E-state index >= 15 is 0 Å². The molecule has 3 heterocycles. The molecule has 2 aromatic heterocycles. The van der Waals surface area contributed by atoms with Crippen molar-refractivity contribution >= 4 is 44.0 Å². The van der Waals surface area contributed by atoms with E-state index in [-0.39, 0.29) is 23.6 Å². The van der Waals surface area contributed by atoms with Gasteiger partial charge in [0.1, 0.15) is 4.90 Å². The SMILES string of the molecule is CC[C@@H](C(=O)Nc1cccc2c(-c3nc(Nc4cccc(S(C)(=O)=O)c4F)ncc3C)c[nH]c12)N1CCCN(C)CC1. The van der Waals surface area contributed by atoms with E-state index in [4.69, 9.17) is 0 Å². The summed E-state index contributed by atoms with van der Waals surface area (Å²) in [6.07, 6.45) is 6.15. The van der Waals surface area contributed by atoms with Gasteiger partial charge in [-0.15, -0.1) is 0 Å². The summed E-state index contributed by atoms with van der Waals surface area (Å²) in [5, 5.41) is 6.83. The lowest BCUT2D eigenvalue weighted by Crippen LogP contribution is -2.45. The summed E-state index contributed by atoms with van der Waals surface area (Å²) in [5.41, 5.74) is 3.60. The molecule has 1 saturated heterocycles. The number of hydrogen-bond donors (Lipinski definition) is 3. The highest BCUT2D eigenvalue weighted by Crippen LogP contribution is 2.34. The summed E-state index contributed by atoms with van der Waals surface area (Å²) < 4.78 is 38.9. The van der Waals surface area contributed by atoms with Crippen molar-refractivity contribution in [2.75, 3.05) is 50.1 Å². The lowest BCUT2D eigenvalue weighted by Gasteiger charge is -2.28. The molecule has 222 valence electrons. The number of nitrogens with zero attached hydrogens (tertiary/aromatic N) is 4. The number of fused-ring (bicyclic) bond motifs is 1. The molecule has 1 aliphatic rings. The van der Waals surface area contributed by atoms with Gasteiger partial charge >= 0.3 is 0 Å². The molecule has 1 fully saturated rings. The number of H-pyrrole nitrogens is 1. The zero-order valence-corrected chi connectivity index (χ0v) is 25.1. The standard InChI is InChI=1S/C30H36FN7O3S/c1-5-24(38-14-8-13-37(3)15-16-38)29(39)34-23-11-6-9-20-21(18-32-28(20)23)27-19(2)17-33-30(36-27)35-22-10-7-12-25(26(22)31)42(4,40)41/h6-7,9-12,17-18,24,32H,5,8,13-16H2,1-4H3,(H,34,39)(H,33,35,36)/t24-/m0/s1. The van der Waals surface area contributed by atoms with Gasteiger partial charge in [-0.3, -0.25) is 9.69 Å². The van der Waals surface area contributed by atoms with E-state index in [9.17, 15) is 17.6 Å². The molecule has 1 aliphatic heterocycles. The van der Waals surface area contributed by atoms with Crippen LogP contribution in [0.15, 0.2) is 53.7 Å². The van der Waals surface area contributed by atoms with E-state index in [0.29, 0.717) is 17.8 Å². The number of anilines is 3. The molecule has 2 aromatic carbocycles. The van der Waals surface area contributed by atoms with Gasteiger partial charge in [0.25, 0.3) is 0 Å². The average molecular weight is 594 g/mol. The van der Waals surface area contributed by atoms with E-state index in [1.165, 1.54) is 18.2 Å². The number of carbonyl (C=O) groups is 1. The van der Waals surface area contributed by atoms with Crippen molar-refractivity contribution in [3.05, 3.63) is 60.2 Å². The molecule has 0 unspecified atom stereocenters. The second-order valence-electron chi connectivity index (χ2n) is 10.8. The molecule has 10 nitrogen and oxygen atoms in total. The third-order valence-electron chi connectivity index (χ3n) is 7.69. The van der Waals surface area contributed by atoms with Crippen molar-refractivity contribution in [3.63, 3.8) is 0 Å². The van der Waals surface area contributed by atoms with Crippen LogP contribution in [0.1, 0.15) is 25.3 Å². The minimum atomic E-state index is -3.75. The van der Waals surface area contributed by atoms with Crippen molar-refractivity contribution in [3.8, 4) is 11.3 Å². The van der Waals surface area contributed by atoms with Crippen LogP contribution in [0.3, 0.4) is 0 Å². The number of sulfone groups is 1. The van der Waals surface area contributed by atoms with E-state index in [1.54, 1.807) is 6.20 Å². The van der Waals surface area contributed by atoms with Crippen molar-refractivity contribution in [2.24, 2.45) is 0 Å². The topological polar surface area (TPSA) is 123 Å². The lowest BCUT2D eigenvalue weighted by atomic mass is 10.1. The van der Waals surface area contributed by atoms with E-state index in [1.807, 2.05) is 38.2 Å². The Hall–Kier alpha value is -3.87. The highest BCUT2D eigenvalue weighted by Gasteiger charge is 2.26. The minimum Gasteiger partial charge on any atom is -0.359 e. The Kier molecular flexibility index (Phi) is 8.58. The molecule has 4 aromatic rings. The fourth-order valence-electron chi connectivity index (χ4n) is 5.45. The number of carbonyl (C=O) groups excluding carboxylic acids is 1. The van der Waals surface area contributed by atoms with Gasteiger partial charge in [-0.25, -0.2) is 22.8 Å². The number of nitrogens with one attached hydrogen (secondary N) is 3. The highest BCUT2D eigenvalue weighted by molar-refractivity contribution is 7.90. The number of likely N-dealkylation sites (N-methyl/N-ethyl adjacent to an activating group) is 1. The van der Waals surface area contributed by atoms with Crippen molar-refractivity contribution in [1.29, 1.82) is 0 Å². The number of hydrogen-bond acceptors (Lipinski definition) is 8. The van der Waals surface area contributed by atoms with Gasteiger partial charge in [-0.05, 0) is 57.1 Å². The summed E-state index contributed by atoms with van der Waals surface area (Å²) in [6, 6.07) is 9.60. The molecule has 0 bridgehead atoms. The first-order valence-corrected chi connectivity index (χ1v) is 15.9. The Morgan fingerprint density at radius 2 is 1.88 bits per heavy atom. The smallest absolute Gasteiger partial charge is 0.241 e. The zero-order chi connectivity index (χ0) is 30.0. The molecule has 12 heteroatoms. The molecule has 42 heavy (non-hydrogen) atoms. The Balaban J connectivity index is 1.42. The van der Waals surface area contributed by atoms with Crippen LogP contribution in [-0.2, 0) is 14.6 Å². The van der Waals surface area contributed by atoms with Crippen molar-refractivity contribution in [2.45, 2.75) is 37.6 Å². The van der Waals surface area contributed by atoms with Crippen LogP contribution >= 0.6 is 0 Å². The average Bonchev–Trinajstić information content (AvgIpc) is 3.27. The third kappa shape index (κ3) is 6.15. The normalized spacial score (nSPS) is 15.8. The van der Waals surface area contributed by atoms with Crippen LogP contribution in [-0.4, -0.2) is 84.6 Å². The molecule has 3 N–H and O–H groups in total. The van der Waals surface area contributed by atoms with E-state index in [0.717, 1.165) is 60.9 Å². The Morgan fingerprint density at radius 1 is 1.12 bits per heavy atom. The quantitative estimate of drug-likeness (QED) is 0.272. The molecular formula is C30H36FN7O3S. The van der Waals surface area contributed by atoms with Gasteiger partial charge in [0, 0.05) is 49.2 Å². The number of benzene rings is 2.